The van der Waals surface area contributed by atoms with Crippen LogP contribution < -0.4 is 0 Å². The highest BCUT2D eigenvalue weighted by atomic mass is 31.2. The van der Waals surface area contributed by atoms with Crippen LogP contribution in [0.4, 0.5) is 0 Å². The van der Waals surface area contributed by atoms with E-state index >= 15 is 0 Å². The van der Waals surface area contributed by atoms with Gasteiger partial charge >= 0.3 is 39.5 Å². The van der Waals surface area contributed by atoms with Crippen molar-refractivity contribution < 1.29 is 80.2 Å². The fourth-order valence-corrected chi connectivity index (χ4v) is 12.4. The molecule has 2 unspecified atom stereocenters. The number of hydrogen-bond acceptors (Lipinski definition) is 15. The van der Waals surface area contributed by atoms with E-state index in [1.54, 1.807) is 0 Å². The smallest absolute Gasteiger partial charge is 0.462 e. The minimum Gasteiger partial charge on any atom is -0.462 e. The van der Waals surface area contributed by atoms with Crippen molar-refractivity contribution in [3.8, 4) is 0 Å². The van der Waals surface area contributed by atoms with Gasteiger partial charge in [-0.1, -0.05) is 306 Å². The highest BCUT2D eigenvalue weighted by molar-refractivity contribution is 7.47. The predicted octanol–water partition coefficient (Wildman–Crippen LogP) is 20.5. The first-order valence-corrected chi connectivity index (χ1v) is 40.2. The van der Waals surface area contributed by atoms with Crippen molar-refractivity contribution in [2.75, 3.05) is 39.6 Å². The average Bonchev–Trinajstić information content (AvgIpc) is 2.06. The van der Waals surface area contributed by atoms with Crippen molar-refractivity contribution in [2.24, 2.45) is 23.7 Å². The molecule has 0 aromatic heterocycles. The van der Waals surface area contributed by atoms with Crippen LogP contribution in [0.25, 0.3) is 0 Å². The van der Waals surface area contributed by atoms with Gasteiger partial charge in [0.2, 0.25) is 0 Å². The van der Waals surface area contributed by atoms with Crippen LogP contribution in [0.2, 0.25) is 0 Å². The van der Waals surface area contributed by atoms with Crippen molar-refractivity contribution in [3.63, 3.8) is 0 Å². The first-order valence-electron chi connectivity index (χ1n) is 37.2. The first-order chi connectivity index (χ1) is 43.6. The zero-order valence-corrected chi connectivity index (χ0v) is 61.3. The number of phosphoric acid groups is 2. The number of carbonyl (C=O) groups excluding carboxylic acids is 4. The zero-order chi connectivity index (χ0) is 67.5. The van der Waals surface area contributed by atoms with E-state index in [4.69, 9.17) is 37.0 Å². The molecule has 0 saturated heterocycles. The Labute approximate surface area is 556 Å². The molecule has 540 valence electrons. The fraction of sp³-hybridized carbons (Fsp3) is 0.944. The summed E-state index contributed by atoms with van der Waals surface area (Å²) >= 11 is 0. The lowest BCUT2D eigenvalue weighted by Gasteiger charge is -2.21. The lowest BCUT2D eigenvalue weighted by Crippen LogP contribution is -2.30. The van der Waals surface area contributed by atoms with E-state index in [1.807, 2.05) is 0 Å². The topological polar surface area (TPSA) is 237 Å². The molecule has 0 amide bonds. The van der Waals surface area contributed by atoms with Crippen LogP contribution in [-0.2, 0) is 65.4 Å². The molecule has 0 aliphatic heterocycles. The molecule has 17 nitrogen and oxygen atoms in total. The molecule has 0 spiro atoms. The molecule has 19 heteroatoms. The van der Waals surface area contributed by atoms with E-state index in [9.17, 15) is 43.2 Å². The largest absolute Gasteiger partial charge is 0.472 e. The van der Waals surface area contributed by atoms with E-state index in [-0.39, 0.29) is 25.7 Å². The monoisotopic (exact) mass is 1340 g/mol. The van der Waals surface area contributed by atoms with Gasteiger partial charge in [0.15, 0.2) is 12.2 Å². The van der Waals surface area contributed by atoms with Crippen LogP contribution in [0, 0.1) is 23.7 Å². The highest BCUT2D eigenvalue weighted by Crippen LogP contribution is 2.45. The van der Waals surface area contributed by atoms with Gasteiger partial charge in [0.25, 0.3) is 0 Å². The lowest BCUT2D eigenvalue weighted by atomic mass is 10.0. The number of carbonyl (C=O) groups is 4. The Bertz CT molecular complexity index is 1800. The van der Waals surface area contributed by atoms with Gasteiger partial charge in [-0.3, -0.25) is 37.3 Å². The van der Waals surface area contributed by atoms with Crippen molar-refractivity contribution in [1.29, 1.82) is 0 Å². The van der Waals surface area contributed by atoms with E-state index < -0.39 is 97.5 Å². The lowest BCUT2D eigenvalue weighted by molar-refractivity contribution is -0.161. The van der Waals surface area contributed by atoms with Gasteiger partial charge < -0.3 is 33.8 Å². The molecule has 0 aliphatic carbocycles. The number of ether oxygens (including phenoxy) is 4. The summed E-state index contributed by atoms with van der Waals surface area (Å²) in [7, 11) is -9.91. The highest BCUT2D eigenvalue weighted by Gasteiger charge is 2.30. The van der Waals surface area contributed by atoms with Crippen LogP contribution in [0.5, 0.6) is 0 Å². The Morgan fingerprint density at radius 1 is 0.275 bits per heavy atom. The summed E-state index contributed by atoms with van der Waals surface area (Å²) in [4.78, 5) is 72.6. The predicted molar refractivity (Wildman–Crippen MR) is 367 cm³/mol. The molecule has 91 heavy (non-hydrogen) atoms. The van der Waals surface area contributed by atoms with Crippen LogP contribution >= 0.6 is 15.6 Å². The second-order valence-corrected chi connectivity index (χ2v) is 30.8. The molecule has 0 fully saturated rings. The molecule has 0 aliphatic rings. The van der Waals surface area contributed by atoms with Gasteiger partial charge in [-0.25, -0.2) is 9.13 Å². The van der Waals surface area contributed by atoms with E-state index in [2.05, 4.69) is 55.4 Å². The SMILES string of the molecule is CC(C)CCCCCCCCCCCCCCC(=O)O[C@H](COC(=O)CCCCCCCCCCCCC(C)C)COP(=O)(O)OC[C@@H](O)COP(=O)(O)OC[C@@H](COC(=O)CCCCCCCCC(C)C)OC(=O)CCCCCCCCCCCCCC(C)C. The summed E-state index contributed by atoms with van der Waals surface area (Å²) in [5, 5.41) is 10.6. The Balaban J connectivity index is 5.25. The summed E-state index contributed by atoms with van der Waals surface area (Å²) in [5.74, 6) is 0.852. The van der Waals surface area contributed by atoms with Crippen LogP contribution in [0.15, 0.2) is 0 Å². The number of aliphatic hydroxyl groups excluding tert-OH is 1. The Morgan fingerprint density at radius 2 is 0.462 bits per heavy atom. The average molecular weight is 1340 g/mol. The van der Waals surface area contributed by atoms with Gasteiger partial charge in [0.1, 0.15) is 19.3 Å². The second kappa shape index (κ2) is 61.6. The number of rotatable bonds is 69. The Hall–Kier alpha value is -1.94. The van der Waals surface area contributed by atoms with Gasteiger partial charge in [-0.05, 0) is 49.4 Å². The summed E-state index contributed by atoms with van der Waals surface area (Å²) in [6, 6.07) is 0. The molecule has 0 aromatic carbocycles. The third-order valence-corrected chi connectivity index (χ3v) is 18.5. The Kier molecular flexibility index (Phi) is 60.3. The van der Waals surface area contributed by atoms with Crippen molar-refractivity contribution >= 4 is 39.5 Å². The molecule has 0 bridgehead atoms. The molecule has 3 N–H and O–H groups in total. The molecular formula is C72H140O17P2. The maximum atomic E-state index is 13.0. The second-order valence-electron chi connectivity index (χ2n) is 27.9. The van der Waals surface area contributed by atoms with Crippen molar-refractivity contribution in [1.82, 2.24) is 0 Å². The number of unbranched alkanes of at least 4 members (excludes halogenated alkanes) is 35. The molecule has 0 rings (SSSR count). The molecule has 0 aromatic rings. The van der Waals surface area contributed by atoms with E-state index in [0.717, 1.165) is 114 Å². The zero-order valence-electron chi connectivity index (χ0n) is 59.5. The summed E-state index contributed by atoms with van der Waals surface area (Å²) in [6.07, 6.45) is 44.5. The van der Waals surface area contributed by atoms with Crippen LogP contribution in [-0.4, -0.2) is 96.7 Å². The van der Waals surface area contributed by atoms with Crippen molar-refractivity contribution in [3.05, 3.63) is 0 Å². The summed E-state index contributed by atoms with van der Waals surface area (Å²) < 4.78 is 68.4. The summed E-state index contributed by atoms with van der Waals surface area (Å²) in [5.41, 5.74) is 0. The van der Waals surface area contributed by atoms with Gasteiger partial charge in [-0.2, -0.15) is 0 Å². The minimum atomic E-state index is -4.95. The quantitative estimate of drug-likeness (QED) is 0.0222. The standard InChI is InChI=1S/C72H140O17P2/c1-62(2)48-40-32-24-18-12-9-10-14-22-28-38-46-54-71(76)88-67(58-82-69(74)52-44-36-27-21-17-16-20-26-34-42-50-64(5)6)60-86-90(78,79)84-56-66(73)57-85-91(80,81)87-61-68(59-83-70(75)53-45-37-31-30-35-43-51-65(7)8)89-72(77)55-47-39-29-23-15-11-13-19-25-33-41-49-63(3)4/h62-68,73H,9-61H2,1-8H3,(H,78,79)(H,80,81)/t66-,67-,68-/m1/s1. The number of aliphatic hydroxyl groups is 1. The Morgan fingerprint density at radius 3 is 0.681 bits per heavy atom. The van der Waals surface area contributed by atoms with Crippen molar-refractivity contribution in [2.45, 2.75) is 375 Å². The molecule has 0 radical (unpaired) electrons. The summed E-state index contributed by atoms with van der Waals surface area (Å²) in [6.45, 7) is 14.1. The van der Waals surface area contributed by atoms with Gasteiger partial charge in [0.05, 0.1) is 26.4 Å². The normalized spacial score (nSPS) is 14.2. The van der Waals surface area contributed by atoms with E-state index in [0.29, 0.717) is 31.6 Å². The minimum absolute atomic E-state index is 0.105. The molecule has 0 heterocycles. The van der Waals surface area contributed by atoms with Crippen LogP contribution in [0.1, 0.15) is 357 Å². The fourth-order valence-electron chi connectivity index (χ4n) is 10.8. The molecule has 5 atom stereocenters. The third-order valence-electron chi connectivity index (χ3n) is 16.6. The van der Waals surface area contributed by atoms with E-state index in [1.165, 1.54) is 154 Å². The molecule has 0 saturated carbocycles. The maximum Gasteiger partial charge on any atom is 0.472 e. The first kappa shape index (κ1) is 89.1. The van der Waals surface area contributed by atoms with Gasteiger partial charge in [0, 0.05) is 25.7 Å². The number of hydrogen-bond donors (Lipinski definition) is 3. The number of phosphoric ester groups is 2. The third kappa shape index (κ3) is 66.5. The number of esters is 4. The maximum absolute atomic E-state index is 13.0. The molecular weight excluding hydrogens is 1200 g/mol. The van der Waals surface area contributed by atoms with Crippen LogP contribution in [0.3, 0.4) is 0 Å². The van der Waals surface area contributed by atoms with Gasteiger partial charge in [-0.15, -0.1) is 0 Å².